The van der Waals surface area contributed by atoms with Gasteiger partial charge in [-0.15, -0.1) is 0 Å². The van der Waals surface area contributed by atoms with Crippen LogP contribution < -0.4 is 5.32 Å². The van der Waals surface area contributed by atoms with Gasteiger partial charge in [-0.1, -0.05) is 24.6 Å². The zero-order chi connectivity index (χ0) is 15.4. The van der Waals surface area contributed by atoms with Gasteiger partial charge in [0.2, 0.25) is 5.91 Å². The SMILES string of the molecule is CNC(=O)CCCCCn1c2c(c3ccccc31)CCCC2. The Morgan fingerprint density at radius 1 is 1.14 bits per heavy atom. The summed E-state index contributed by atoms with van der Waals surface area (Å²) in [6.07, 6.45) is 9.02. The van der Waals surface area contributed by atoms with Gasteiger partial charge in [-0.05, 0) is 50.2 Å². The van der Waals surface area contributed by atoms with Crippen molar-refractivity contribution in [3.63, 3.8) is 0 Å². The molecule has 1 aliphatic carbocycles. The highest BCUT2D eigenvalue weighted by Crippen LogP contribution is 2.32. The molecule has 3 rings (SSSR count). The zero-order valence-electron chi connectivity index (χ0n) is 13.5. The Labute approximate surface area is 132 Å². The fraction of sp³-hybridized carbons (Fsp3) is 0.526. The van der Waals surface area contributed by atoms with E-state index in [0.29, 0.717) is 6.42 Å². The van der Waals surface area contributed by atoms with Crippen molar-refractivity contribution in [1.82, 2.24) is 9.88 Å². The van der Waals surface area contributed by atoms with Crippen molar-refractivity contribution in [2.75, 3.05) is 7.05 Å². The monoisotopic (exact) mass is 298 g/mol. The molecule has 1 N–H and O–H groups in total. The fourth-order valence-electron chi connectivity index (χ4n) is 3.70. The van der Waals surface area contributed by atoms with Gasteiger partial charge in [0.05, 0.1) is 0 Å². The lowest BCUT2D eigenvalue weighted by atomic mass is 9.95. The van der Waals surface area contributed by atoms with Crippen LogP contribution in [-0.2, 0) is 24.2 Å². The summed E-state index contributed by atoms with van der Waals surface area (Å²) in [7, 11) is 1.71. The van der Waals surface area contributed by atoms with Crippen molar-refractivity contribution < 1.29 is 4.79 Å². The van der Waals surface area contributed by atoms with Gasteiger partial charge in [0.1, 0.15) is 0 Å². The van der Waals surface area contributed by atoms with Crippen LogP contribution in [0.15, 0.2) is 24.3 Å². The number of aryl methyl sites for hydroxylation is 2. The third-order valence-electron chi connectivity index (χ3n) is 4.85. The third-order valence-corrected chi connectivity index (χ3v) is 4.85. The minimum Gasteiger partial charge on any atom is -0.359 e. The maximum atomic E-state index is 11.3. The highest BCUT2D eigenvalue weighted by Gasteiger charge is 2.19. The lowest BCUT2D eigenvalue weighted by Gasteiger charge is -2.16. The summed E-state index contributed by atoms with van der Waals surface area (Å²) >= 11 is 0. The van der Waals surface area contributed by atoms with Crippen LogP contribution in [0.4, 0.5) is 0 Å². The normalized spacial score (nSPS) is 14.0. The number of nitrogens with zero attached hydrogens (tertiary/aromatic N) is 1. The molecule has 0 saturated carbocycles. The van der Waals surface area contributed by atoms with Gasteiger partial charge < -0.3 is 9.88 Å². The van der Waals surface area contributed by atoms with Crippen LogP contribution in [0, 0.1) is 0 Å². The quantitative estimate of drug-likeness (QED) is 0.808. The summed E-state index contributed by atoms with van der Waals surface area (Å²) in [4.78, 5) is 11.3. The van der Waals surface area contributed by atoms with Crippen LogP contribution in [0.25, 0.3) is 10.9 Å². The first-order valence-electron chi connectivity index (χ1n) is 8.61. The third kappa shape index (κ3) is 3.03. The molecule has 3 nitrogen and oxygen atoms in total. The number of fused-ring (bicyclic) bond motifs is 3. The highest BCUT2D eigenvalue weighted by atomic mass is 16.1. The first-order chi connectivity index (χ1) is 10.8. The molecule has 0 spiro atoms. The molecule has 22 heavy (non-hydrogen) atoms. The molecule has 0 atom stereocenters. The second-order valence-electron chi connectivity index (χ2n) is 6.28. The first kappa shape index (κ1) is 15.1. The average molecular weight is 298 g/mol. The van der Waals surface area contributed by atoms with E-state index in [9.17, 15) is 4.79 Å². The lowest BCUT2D eigenvalue weighted by molar-refractivity contribution is -0.120. The molecular weight excluding hydrogens is 272 g/mol. The van der Waals surface area contributed by atoms with Crippen molar-refractivity contribution in [3.05, 3.63) is 35.5 Å². The smallest absolute Gasteiger partial charge is 0.219 e. The number of carbonyl (C=O) groups excluding carboxylic acids is 1. The van der Waals surface area contributed by atoms with E-state index in [4.69, 9.17) is 0 Å². The average Bonchev–Trinajstić information content (AvgIpc) is 2.89. The number of benzene rings is 1. The predicted molar refractivity (Wildman–Crippen MR) is 91.1 cm³/mol. The summed E-state index contributed by atoms with van der Waals surface area (Å²) in [5.74, 6) is 0.156. The number of rotatable bonds is 6. The summed E-state index contributed by atoms with van der Waals surface area (Å²) in [6, 6.07) is 8.85. The van der Waals surface area contributed by atoms with Crippen LogP contribution in [-0.4, -0.2) is 17.5 Å². The van der Waals surface area contributed by atoms with Crippen molar-refractivity contribution in [1.29, 1.82) is 0 Å². The zero-order valence-corrected chi connectivity index (χ0v) is 13.5. The Morgan fingerprint density at radius 3 is 2.82 bits per heavy atom. The van der Waals surface area contributed by atoms with Crippen LogP contribution in [0.5, 0.6) is 0 Å². The van der Waals surface area contributed by atoms with Gasteiger partial charge >= 0.3 is 0 Å². The number of para-hydroxylation sites is 1. The Morgan fingerprint density at radius 2 is 1.95 bits per heavy atom. The summed E-state index contributed by atoms with van der Waals surface area (Å²) in [6.45, 7) is 1.09. The van der Waals surface area contributed by atoms with Gasteiger partial charge in [-0.2, -0.15) is 0 Å². The topological polar surface area (TPSA) is 34.0 Å². The Kier molecular flexibility index (Phi) is 4.81. The Balaban J connectivity index is 1.69. The van der Waals surface area contributed by atoms with Crippen molar-refractivity contribution in [3.8, 4) is 0 Å². The highest BCUT2D eigenvalue weighted by molar-refractivity contribution is 5.85. The van der Waals surface area contributed by atoms with Crippen molar-refractivity contribution in [2.45, 2.75) is 57.9 Å². The van der Waals surface area contributed by atoms with Crippen molar-refractivity contribution >= 4 is 16.8 Å². The maximum absolute atomic E-state index is 11.3. The van der Waals surface area contributed by atoms with Gasteiger partial charge in [0, 0.05) is 36.6 Å². The largest absolute Gasteiger partial charge is 0.359 e. The lowest BCUT2D eigenvalue weighted by Crippen LogP contribution is -2.17. The molecule has 1 aromatic carbocycles. The van der Waals surface area contributed by atoms with Crippen molar-refractivity contribution in [2.24, 2.45) is 0 Å². The van der Waals surface area contributed by atoms with E-state index in [1.807, 2.05) is 0 Å². The van der Waals surface area contributed by atoms with E-state index in [1.54, 1.807) is 18.3 Å². The number of unbranched alkanes of at least 4 members (excludes halogenated alkanes) is 2. The molecule has 0 saturated heterocycles. The molecule has 1 heterocycles. The van der Waals surface area contributed by atoms with E-state index in [-0.39, 0.29) is 5.91 Å². The molecule has 3 heteroatoms. The fourth-order valence-corrected chi connectivity index (χ4v) is 3.70. The van der Waals surface area contributed by atoms with E-state index in [2.05, 4.69) is 34.1 Å². The molecule has 1 amide bonds. The number of aromatic nitrogens is 1. The molecule has 2 aromatic rings. The summed E-state index contributed by atoms with van der Waals surface area (Å²) in [5, 5.41) is 4.15. The van der Waals surface area contributed by atoms with Gasteiger partial charge in [0.25, 0.3) is 0 Å². The molecule has 0 fully saturated rings. The first-order valence-corrected chi connectivity index (χ1v) is 8.61. The molecular formula is C19H26N2O. The molecule has 0 bridgehead atoms. The number of nitrogens with one attached hydrogen (secondary N) is 1. The van der Waals surface area contributed by atoms with E-state index in [0.717, 1.165) is 25.8 Å². The number of carbonyl (C=O) groups is 1. The molecule has 118 valence electrons. The minimum atomic E-state index is 0.156. The van der Waals surface area contributed by atoms with Crippen LogP contribution in [0.1, 0.15) is 49.8 Å². The standard InChI is InChI=1S/C19H26N2O/c1-20-19(22)13-3-2-8-14-21-17-11-6-4-9-15(17)16-10-5-7-12-18(16)21/h4,6,9,11H,2-3,5,7-8,10,12-14H2,1H3,(H,20,22). The molecule has 1 aliphatic rings. The summed E-state index contributed by atoms with van der Waals surface area (Å²) < 4.78 is 2.55. The Bertz CT molecular complexity index is 657. The van der Waals surface area contributed by atoms with E-state index in [1.165, 1.54) is 36.6 Å². The number of hydrogen-bond acceptors (Lipinski definition) is 1. The molecule has 0 aliphatic heterocycles. The van der Waals surface area contributed by atoms with Gasteiger partial charge in [-0.3, -0.25) is 4.79 Å². The Hall–Kier alpha value is -1.77. The predicted octanol–water partition coefficient (Wildman–Crippen LogP) is 3.83. The van der Waals surface area contributed by atoms with E-state index < -0.39 is 0 Å². The molecule has 1 aromatic heterocycles. The second kappa shape index (κ2) is 6.99. The van der Waals surface area contributed by atoms with Crippen LogP contribution in [0.2, 0.25) is 0 Å². The van der Waals surface area contributed by atoms with Crippen LogP contribution in [0.3, 0.4) is 0 Å². The van der Waals surface area contributed by atoms with Crippen LogP contribution >= 0.6 is 0 Å². The van der Waals surface area contributed by atoms with Gasteiger partial charge in [0.15, 0.2) is 0 Å². The second-order valence-corrected chi connectivity index (χ2v) is 6.28. The molecule has 0 unspecified atom stereocenters. The van der Waals surface area contributed by atoms with Gasteiger partial charge in [-0.25, -0.2) is 0 Å². The maximum Gasteiger partial charge on any atom is 0.219 e. The number of amides is 1. The minimum absolute atomic E-state index is 0.156. The number of hydrogen-bond donors (Lipinski definition) is 1. The molecule has 0 radical (unpaired) electrons. The van der Waals surface area contributed by atoms with E-state index >= 15 is 0 Å². The summed E-state index contributed by atoms with van der Waals surface area (Å²) in [5.41, 5.74) is 4.56.